The fourth-order valence-corrected chi connectivity index (χ4v) is 5.26. The molecule has 4 N–H and O–H groups in total. The first-order valence-corrected chi connectivity index (χ1v) is 12.0. The van der Waals surface area contributed by atoms with Crippen molar-refractivity contribution in [3.05, 3.63) is 12.2 Å². The normalized spacial score (nSPS) is 41.1. The second kappa shape index (κ2) is 11.1. The molecule has 3 heterocycles. The zero-order valence-electron chi connectivity index (χ0n) is 21.4. The summed E-state index contributed by atoms with van der Waals surface area (Å²) in [4.78, 5) is 13.2. The van der Waals surface area contributed by atoms with Crippen LogP contribution in [0.3, 0.4) is 0 Å². The molecule has 0 unspecified atom stereocenters. The molecule has 0 aliphatic carbocycles. The van der Waals surface area contributed by atoms with Crippen LogP contribution in [0.15, 0.2) is 12.2 Å². The van der Waals surface area contributed by atoms with Crippen LogP contribution in [0.25, 0.3) is 0 Å². The number of methoxy groups -OCH3 is 2. The number of carbonyl (C=O) groups is 1. The third-order valence-corrected chi connectivity index (χ3v) is 7.77. The van der Waals surface area contributed by atoms with Crippen LogP contribution in [0, 0.1) is 11.3 Å². The van der Waals surface area contributed by atoms with E-state index in [2.05, 4.69) is 11.9 Å². The average molecular weight is 504 g/mol. The molecule has 10 atom stereocenters. The number of aliphatic hydroxyl groups excluding tert-OH is 3. The van der Waals surface area contributed by atoms with Crippen molar-refractivity contribution in [3.8, 4) is 0 Å². The Bertz CT molecular complexity index is 763. The summed E-state index contributed by atoms with van der Waals surface area (Å²) in [5.74, 6) is -2.30. The first-order valence-electron chi connectivity index (χ1n) is 12.0. The summed E-state index contributed by atoms with van der Waals surface area (Å²) in [7, 11) is 2.93. The minimum Gasteiger partial charge on any atom is -0.394 e. The van der Waals surface area contributed by atoms with Crippen molar-refractivity contribution in [3.63, 3.8) is 0 Å². The molecule has 3 fully saturated rings. The smallest absolute Gasteiger partial charge is 0.256 e. The molecule has 0 aromatic carbocycles. The third-order valence-electron chi connectivity index (χ3n) is 7.77. The van der Waals surface area contributed by atoms with Gasteiger partial charge in [-0.05, 0) is 6.92 Å². The van der Waals surface area contributed by atoms with E-state index in [0.29, 0.717) is 0 Å². The van der Waals surface area contributed by atoms with Gasteiger partial charge in [0.25, 0.3) is 5.91 Å². The summed E-state index contributed by atoms with van der Waals surface area (Å²) in [5, 5.41) is 33.1. The highest BCUT2D eigenvalue weighted by molar-refractivity contribution is 5.82. The Balaban J connectivity index is 1.79. The lowest BCUT2D eigenvalue weighted by molar-refractivity contribution is -0.333. The topological polar surface area (TPSA) is 145 Å². The van der Waals surface area contributed by atoms with Crippen molar-refractivity contribution >= 4 is 5.91 Å². The average Bonchev–Trinajstić information content (AvgIpc) is 2.82. The minimum absolute atomic E-state index is 0.0456. The number of fused-ring (bicyclic) bond motifs is 1. The van der Waals surface area contributed by atoms with Crippen molar-refractivity contribution in [1.82, 2.24) is 5.32 Å². The van der Waals surface area contributed by atoms with E-state index in [9.17, 15) is 20.1 Å². The van der Waals surface area contributed by atoms with E-state index >= 15 is 0 Å². The third kappa shape index (κ3) is 5.43. The molecule has 0 bridgehead atoms. The summed E-state index contributed by atoms with van der Waals surface area (Å²) < 4.78 is 35.0. The summed E-state index contributed by atoms with van der Waals surface area (Å²) in [5.41, 5.74) is 0.228. The van der Waals surface area contributed by atoms with Crippen molar-refractivity contribution in [2.24, 2.45) is 11.3 Å². The van der Waals surface area contributed by atoms with Crippen LogP contribution < -0.4 is 5.32 Å². The second-order valence-electron chi connectivity index (χ2n) is 10.3. The molecule has 0 spiro atoms. The molecular weight excluding hydrogens is 462 g/mol. The maximum absolute atomic E-state index is 13.2. The molecule has 3 rings (SSSR count). The number of hydrogen-bond donors (Lipinski definition) is 4. The zero-order valence-corrected chi connectivity index (χ0v) is 21.4. The first-order chi connectivity index (χ1) is 16.4. The zero-order chi connectivity index (χ0) is 26.1. The lowest BCUT2D eigenvalue weighted by Crippen LogP contribution is -2.69. The SMILES string of the molecule is C=C1C[C@](OC)([C@H](O)C(=O)N[C@H]2OCO[C@H]3[C@@H]2O[C@H](C[C@H](O)CO)C(C)(C)[C@@H]3OC)O[C@H](C)[C@@H]1C. The van der Waals surface area contributed by atoms with Gasteiger partial charge in [-0.3, -0.25) is 4.79 Å². The number of carbonyl (C=O) groups excluding carboxylic acids is 1. The molecule has 0 aromatic rings. The fourth-order valence-electron chi connectivity index (χ4n) is 5.26. The van der Waals surface area contributed by atoms with E-state index < -0.39 is 66.6 Å². The standard InChI is InChI=1S/C24H41NO10/c1-12-9-24(31-7,35-14(3)13(12)2)19(28)21(29)25-22-18-17(32-11-33-22)20(30-6)23(4,5)16(34-18)8-15(27)10-26/h13-20,22,26-28H,1,8-11H2,2-7H3,(H,25,29)/t13-,14-,15+,16-,17+,18+,19-,20-,22+,24-/m1/s1. The van der Waals surface area contributed by atoms with Crippen molar-refractivity contribution in [1.29, 1.82) is 0 Å². The van der Waals surface area contributed by atoms with Gasteiger partial charge in [-0.15, -0.1) is 0 Å². The number of nitrogens with one attached hydrogen (secondary N) is 1. The highest BCUT2D eigenvalue weighted by Gasteiger charge is 2.57. The van der Waals surface area contributed by atoms with Crippen molar-refractivity contribution in [2.75, 3.05) is 27.6 Å². The van der Waals surface area contributed by atoms with Gasteiger partial charge < -0.3 is 49.1 Å². The maximum Gasteiger partial charge on any atom is 0.256 e. The molecule has 0 aromatic heterocycles. The molecule has 202 valence electrons. The molecule has 0 saturated carbocycles. The number of aliphatic hydroxyl groups is 3. The Morgan fingerprint density at radius 1 is 1.23 bits per heavy atom. The molecule has 35 heavy (non-hydrogen) atoms. The lowest BCUT2D eigenvalue weighted by Gasteiger charge is -2.54. The molecule has 3 aliphatic rings. The number of ether oxygens (including phenoxy) is 6. The largest absolute Gasteiger partial charge is 0.394 e. The van der Waals surface area contributed by atoms with Crippen LogP contribution >= 0.6 is 0 Å². The van der Waals surface area contributed by atoms with E-state index in [4.69, 9.17) is 28.4 Å². The highest BCUT2D eigenvalue weighted by atomic mass is 16.7. The minimum atomic E-state index is -1.67. The maximum atomic E-state index is 13.2. The van der Waals surface area contributed by atoms with Gasteiger partial charge in [0.15, 0.2) is 12.3 Å². The van der Waals surface area contributed by atoms with Gasteiger partial charge in [0, 0.05) is 38.4 Å². The highest BCUT2D eigenvalue weighted by Crippen LogP contribution is 2.44. The number of hydrogen-bond acceptors (Lipinski definition) is 10. The fraction of sp³-hybridized carbons (Fsp3) is 0.875. The molecule has 1 amide bonds. The van der Waals surface area contributed by atoms with Crippen molar-refractivity contribution in [2.45, 2.75) is 95.3 Å². The van der Waals surface area contributed by atoms with Gasteiger partial charge in [0.1, 0.15) is 19.0 Å². The first kappa shape index (κ1) is 28.4. The molecule has 11 heteroatoms. The van der Waals surface area contributed by atoms with E-state index in [0.717, 1.165) is 5.57 Å². The lowest BCUT2D eigenvalue weighted by atomic mass is 9.72. The summed E-state index contributed by atoms with van der Waals surface area (Å²) >= 11 is 0. The predicted molar refractivity (Wildman–Crippen MR) is 123 cm³/mol. The van der Waals surface area contributed by atoms with Crippen LogP contribution in [0.5, 0.6) is 0 Å². The second-order valence-corrected chi connectivity index (χ2v) is 10.3. The molecule has 3 aliphatic heterocycles. The Hall–Kier alpha value is -1.15. The molecule has 0 radical (unpaired) electrons. The summed E-state index contributed by atoms with van der Waals surface area (Å²) in [6, 6.07) is 0. The molecular formula is C24H41NO10. The summed E-state index contributed by atoms with van der Waals surface area (Å²) in [6.07, 6.45) is -6.03. The Morgan fingerprint density at radius 3 is 2.49 bits per heavy atom. The van der Waals surface area contributed by atoms with Gasteiger partial charge in [0.2, 0.25) is 5.79 Å². The van der Waals surface area contributed by atoms with Gasteiger partial charge in [-0.1, -0.05) is 32.9 Å². The van der Waals surface area contributed by atoms with Gasteiger partial charge in [-0.2, -0.15) is 0 Å². The Kier molecular flexibility index (Phi) is 8.99. The molecule has 3 saturated heterocycles. The van der Waals surface area contributed by atoms with E-state index in [1.165, 1.54) is 7.11 Å². The van der Waals surface area contributed by atoms with Crippen LogP contribution in [0.4, 0.5) is 0 Å². The van der Waals surface area contributed by atoms with Crippen LogP contribution in [0.2, 0.25) is 0 Å². The van der Waals surface area contributed by atoms with E-state index in [1.54, 1.807) is 7.11 Å². The predicted octanol–water partition coefficient (Wildman–Crippen LogP) is 0.0582. The van der Waals surface area contributed by atoms with Crippen molar-refractivity contribution < 1.29 is 48.5 Å². The number of rotatable bonds is 8. The van der Waals surface area contributed by atoms with Crippen LogP contribution in [-0.4, -0.2) is 104 Å². The summed E-state index contributed by atoms with van der Waals surface area (Å²) in [6.45, 7) is 11.2. The number of amides is 1. The Labute approximate surface area is 206 Å². The monoisotopic (exact) mass is 503 g/mol. The van der Waals surface area contributed by atoms with E-state index in [1.807, 2.05) is 27.7 Å². The quantitative estimate of drug-likeness (QED) is 0.336. The van der Waals surface area contributed by atoms with Crippen LogP contribution in [-0.2, 0) is 33.2 Å². The van der Waals surface area contributed by atoms with E-state index in [-0.39, 0.29) is 31.7 Å². The van der Waals surface area contributed by atoms with Gasteiger partial charge >= 0.3 is 0 Å². The Morgan fingerprint density at radius 2 is 1.91 bits per heavy atom. The van der Waals surface area contributed by atoms with Gasteiger partial charge in [0.05, 0.1) is 31.0 Å². The van der Waals surface area contributed by atoms with Crippen LogP contribution in [0.1, 0.15) is 40.5 Å². The molecule has 11 nitrogen and oxygen atoms in total. The van der Waals surface area contributed by atoms with Gasteiger partial charge in [-0.25, -0.2) is 0 Å².